The van der Waals surface area contributed by atoms with E-state index in [-0.39, 0.29) is 35.4 Å². The molecule has 0 bridgehead atoms. The summed E-state index contributed by atoms with van der Waals surface area (Å²) in [6.45, 7) is -0.568. The van der Waals surface area contributed by atoms with Crippen molar-refractivity contribution in [2.75, 3.05) is 11.9 Å². The molecule has 27 heavy (non-hydrogen) atoms. The van der Waals surface area contributed by atoms with Crippen molar-refractivity contribution in [1.29, 1.82) is 5.26 Å². The Bertz CT molecular complexity index is 907. The van der Waals surface area contributed by atoms with Gasteiger partial charge in [-0.05, 0) is 42.5 Å². The Hall–Kier alpha value is -3.24. The van der Waals surface area contributed by atoms with E-state index in [1.807, 2.05) is 6.07 Å². The maximum Gasteiger partial charge on any atom is 0.306 e. The van der Waals surface area contributed by atoms with E-state index >= 15 is 0 Å². The number of nitriles is 1. The first kappa shape index (κ1) is 20.1. The number of Topliss-reactive ketones (excluding diaryl/α,β-unsaturated/α-hetero) is 1. The van der Waals surface area contributed by atoms with Gasteiger partial charge in [-0.15, -0.1) is 0 Å². The van der Waals surface area contributed by atoms with Crippen LogP contribution in [0.4, 0.5) is 10.1 Å². The number of anilines is 1. The van der Waals surface area contributed by atoms with Gasteiger partial charge in [-0.1, -0.05) is 11.6 Å². The zero-order valence-electron chi connectivity index (χ0n) is 14.0. The van der Waals surface area contributed by atoms with Crippen molar-refractivity contribution < 1.29 is 23.5 Å². The molecule has 0 saturated carbocycles. The van der Waals surface area contributed by atoms with Crippen molar-refractivity contribution in [2.45, 2.75) is 12.8 Å². The minimum atomic E-state index is -0.729. The molecule has 0 aliphatic rings. The molecule has 2 aromatic carbocycles. The molecule has 0 atom stereocenters. The van der Waals surface area contributed by atoms with Crippen molar-refractivity contribution in [1.82, 2.24) is 0 Å². The predicted octanol–water partition coefficient (Wildman–Crippen LogP) is 3.50. The van der Waals surface area contributed by atoms with E-state index in [1.165, 1.54) is 30.3 Å². The molecular weight excluding hydrogens is 375 g/mol. The van der Waals surface area contributed by atoms with Crippen LogP contribution in [0.1, 0.15) is 28.8 Å². The number of ether oxygens (including phenoxy) is 1. The molecule has 2 aromatic rings. The second-order valence-corrected chi connectivity index (χ2v) is 5.88. The number of hydrogen-bond acceptors (Lipinski definition) is 5. The third-order valence-electron chi connectivity index (χ3n) is 3.46. The van der Waals surface area contributed by atoms with Crippen LogP contribution < -0.4 is 5.32 Å². The van der Waals surface area contributed by atoms with Crippen LogP contribution in [0.3, 0.4) is 0 Å². The van der Waals surface area contributed by atoms with Crippen LogP contribution in [-0.2, 0) is 14.3 Å². The van der Waals surface area contributed by atoms with Gasteiger partial charge < -0.3 is 10.1 Å². The first-order chi connectivity index (χ1) is 12.9. The van der Waals surface area contributed by atoms with E-state index in [2.05, 4.69) is 5.32 Å². The number of ketones is 1. The number of carbonyl (C=O) groups excluding carboxylic acids is 3. The SMILES string of the molecule is N#Cc1ccc(Cl)cc1NC(=O)COC(=O)CCC(=O)c1ccc(F)cc1. The minimum absolute atomic E-state index is 0.126. The van der Waals surface area contributed by atoms with Crippen molar-refractivity contribution in [3.05, 3.63) is 64.4 Å². The van der Waals surface area contributed by atoms with Crippen LogP contribution in [0.2, 0.25) is 5.02 Å². The topological polar surface area (TPSA) is 96.3 Å². The molecule has 0 saturated heterocycles. The molecule has 6 nitrogen and oxygen atoms in total. The highest BCUT2D eigenvalue weighted by Gasteiger charge is 2.13. The fourth-order valence-electron chi connectivity index (χ4n) is 2.12. The molecule has 0 radical (unpaired) electrons. The van der Waals surface area contributed by atoms with Gasteiger partial charge in [0.25, 0.3) is 5.91 Å². The highest BCUT2D eigenvalue weighted by Crippen LogP contribution is 2.20. The molecule has 0 spiro atoms. The predicted molar refractivity (Wildman–Crippen MR) is 95.7 cm³/mol. The smallest absolute Gasteiger partial charge is 0.306 e. The summed E-state index contributed by atoms with van der Waals surface area (Å²) in [5, 5.41) is 11.8. The lowest BCUT2D eigenvalue weighted by Crippen LogP contribution is -2.21. The molecule has 138 valence electrons. The number of amides is 1. The van der Waals surface area contributed by atoms with Gasteiger partial charge in [0.05, 0.1) is 17.7 Å². The molecule has 0 aromatic heterocycles. The zero-order chi connectivity index (χ0) is 19.8. The van der Waals surface area contributed by atoms with Gasteiger partial charge in [0.1, 0.15) is 11.9 Å². The van der Waals surface area contributed by atoms with Crippen LogP contribution in [0, 0.1) is 17.1 Å². The quantitative estimate of drug-likeness (QED) is 0.578. The summed E-state index contributed by atoms with van der Waals surface area (Å²) in [5.41, 5.74) is 0.702. The summed E-state index contributed by atoms with van der Waals surface area (Å²) in [4.78, 5) is 35.4. The van der Waals surface area contributed by atoms with Crippen molar-refractivity contribution in [3.63, 3.8) is 0 Å². The summed E-state index contributed by atoms with van der Waals surface area (Å²) < 4.78 is 17.6. The average molecular weight is 389 g/mol. The van der Waals surface area contributed by atoms with E-state index in [1.54, 1.807) is 0 Å². The number of nitrogens with zero attached hydrogens (tertiary/aromatic N) is 1. The Balaban J connectivity index is 1.79. The third kappa shape index (κ3) is 6.20. The molecule has 0 aliphatic heterocycles. The zero-order valence-corrected chi connectivity index (χ0v) is 14.8. The summed E-state index contributed by atoms with van der Waals surface area (Å²) in [6.07, 6.45) is -0.344. The Morgan fingerprint density at radius 2 is 1.81 bits per heavy atom. The minimum Gasteiger partial charge on any atom is -0.456 e. The normalized spacial score (nSPS) is 9.96. The standard InChI is InChI=1S/C19H14ClFN2O4/c20-14-4-1-13(10-22)16(9-14)23-18(25)11-27-19(26)8-7-17(24)12-2-5-15(21)6-3-12/h1-6,9H,7-8,11H2,(H,23,25). The Kier molecular flexibility index (Phi) is 7.03. The van der Waals surface area contributed by atoms with Gasteiger partial charge in [0.2, 0.25) is 0 Å². The highest BCUT2D eigenvalue weighted by atomic mass is 35.5. The van der Waals surface area contributed by atoms with Crippen LogP contribution >= 0.6 is 11.6 Å². The number of carbonyl (C=O) groups is 3. The first-order valence-corrected chi connectivity index (χ1v) is 8.20. The molecule has 0 fully saturated rings. The summed E-state index contributed by atoms with van der Waals surface area (Å²) in [5.74, 6) is -2.18. The average Bonchev–Trinajstić information content (AvgIpc) is 2.65. The summed E-state index contributed by atoms with van der Waals surface area (Å²) in [6, 6.07) is 11.2. The van der Waals surface area contributed by atoms with E-state index in [0.717, 1.165) is 12.1 Å². The number of esters is 1. The lowest BCUT2D eigenvalue weighted by molar-refractivity contribution is -0.147. The van der Waals surface area contributed by atoms with Crippen molar-refractivity contribution in [2.24, 2.45) is 0 Å². The van der Waals surface area contributed by atoms with Gasteiger partial charge in [-0.25, -0.2) is 4.39 Å². The van der Waals surface area contributed by atoms with Crippen LogP contribution in [-0.4, -0.2) is 24.3 Å². The molecule has 0 aliphatic carbocycles. The lowest BCUT2D eigenvalue weighted by atomic mass is 10.1. The second kappa shape index (κ2) is 9.46. The van der Waals surface area contributed by atoms with E-state index in [0.29, 0.717) is 5.02 Å². The molecule has 2 rings (SSSR count). The van der Waals surface area contributed by atoms with Crippen LogP contribution in [0.5, 0.6) is 0 Å². The fourth-order valence-corrected chi connectivity index (χ4v) is 2.29. The van der Waals surface area contributed by atoms with Gasteiger partial charge >= 0.3 is 5.97 Å². The van der Waals surface area contributed by atoms with E-state index in [9.17, 15) is 18.8 Å². The van der Waals surface area contributed by atoms with Gasteiger partial charge in [-0.3, -0.25) is 14.4 Å². The highest BCUT2D eigenvalue weighted by molar-refractivity contribution is 6.31. The van der Waals surface area contributed by atoms with Crippen molar-refractivity contribution >= 4 is 34.9 Å². The maximum absolute atomic E-state index is 12.8. The Morgan fingerprint density at radius 1 is 1.11 bits per heavy atom. The third-order valence-corrected chi connectivity index (χ3v) is 3.70. The molecule has 0 unspecified atom stereocenters. The van der Waals surface area contributed by atoms with E-state index in [4.69, 9.17) is 21.6 Å². The van der Waals surface area contributed by atoms with Gasteiger partial charge in [0.15, 0.2) is 12.4 Å². The number of halogens is 2. The van der Waals surface area contributed by atoms with Gasteiger partial charge in [0, 0.05) is 17.0 Å². The largest absolute Gasteiger partial charge is 0.456 e. The lowest BCUT2D eigenvalue weighted by Gasteiger charge is -2.08. The number of rotatable bonds is 7. The molecule has 1 amide bonds. The number of hydrogen-bond donors (Lipinski definition) is 1. The first-order valence-electron chi connectivity index (χ1n) is 7.83. The van der Waals surface area contributed by atoms with Crippen LogP contribution in [0.25, 0.3) is 0 Å². The Morgan fingerprint density at radius 3 is 2.48 bits per heavy atom. The monoisotopic (exact) mass is 388 g/mol. The molecule has 0 heterocycles. The summed E-state index contributed by atoms with van der Waals surface area (Å²) in [7, 11) is 0. The van der Waals surface area contributed by atoms with Gasteiger partial charge in [-0.2, -0.15) is 5.26 Å². The van der Waals surface area contributed by atoms with Crippen molar-refractivity contribution in [3.8, 4) is 6.07 Å². The molecule has 8 heteroatoms. The van der Waals surface area contributed by atoms with E-state index < -0.39 is 24.3 Å². The molecule has 1 N–H and O–H groups in total. The second-order valence-electron chi connectivity index (χ2n) is 5.44. The molecular formula is C19H14ClFN2O4. The number of benzene rings is 2. The fraction of sp³-hybridized carbons (Fsp3) is 0.158. The number of nitrogens with one attached hydrogen (secondary N) is 1. The maximum atomic E-state index is 12.8. The Labute approximate surface area is 159 Å². The summed E-state index contributed by atoms with van der Waals surface area (Å²) >= 11 is 5.82. The van der Waals surface area contributed by atoms with Crippen LogP contribution in [0.15, 0.2) is 42.5 Å².